The lowest BCUT2D eigenvalue weighted by Crippen LogP contribution is -3.15. The average Bonchev–Trinajstić information content (AvgIpc) is 2.79. The van der Waals surface area contributed by atoms with E-state index in [1.165, 1.54) is 11.1 Å². The normalized spacial score (nSPS) is 15.1. The number of nitrogens with zero attached hydrogens (tertiary/aromatic N) is 3. The monoisotopic (exact) mass is 375 g/mol. The van der Waals surface area contributed by atoms with Gasteiger partial charge in [0.15, 0.2) is 0 Å². The first-order valence-electron chi connectivity index (χ1n) is 9.97. The van der Waals surface area contributed by atoms with Crippen LogP contribution in [0.3, 0.4) is 0 Å². The molecule has 3 aromatic rings. The van der Waals surface area contributed by atoms with Crippen molar-refractivity contribution in [2.24, 2.45) is 0 Å². The number of rotatable bonds is 7. The van der Waals surface area contributed by atoms with Gasteiger partial charge in [-0.2, -0.15) is 0 Å². The van der Waals surface area contributed by atoms with Crippen molar-refractivity contribution in [1.82, 2.24) is 9.97 Å². The Morgan fingerprint density at radius 1 is 0.821 bits per heavy atom. The van der Waals surface area contributed by atoms with E-state index in [9.17, 15) is 0 Å². The first-order chi connectivity index (χ1) is 13.9. The Labute approximate surface area is 166 Å². The van der Waals surface area contributed by atoms with Crippen LogP contribution in [0.5, 0.6) is 0 Å². The highest BCUT2D eigenvalue weighted by Crippen LogP contribution is 2.25. The number of hydrogen-bond acceptors (Lipinski definition) is 4. The van der Waals surface area contributed by atoms with Gasteiger partial charge < -0.3 is 14.5 Å². The van der Waals surface area contributed by atoms with Crippen LogP contribution in [-0.2, 0) is 4.74 Å². The highest BCUT2D eigenvalue weighted by Gasteiger charge is 2.22. The van der Waals surface area contributed by atoms with Gasteiger partial charge in [-0.3, -0.25) is 0 Å². The summed E-state index contributed by atoms with van der Waals surface area (Å²) in [6.07, 6.45) is 3.60. The SMILES string of the molecule is c1ccc(C(OCC[NH+]2CCN(c3ncccn3)CC2)c2ccccc2)cc1. The van der Waals surface area contributed by atoms with E-state index in [1.54, 1.807) is 4.90 Å². The molecule has 1 saturated heterocycles. The summed E-state index contributed by atoms with van der Waals surface area (Å²) in [6.45, 7) is 5.90. The van der Waals surface area contributed by atoms with E-state index in [1.807, 2.05) is 30.6 Å². The summed E-state index contributed by atoms with van der Waals surface area (Å²) in [4.78, 5) is 12.6. The molecule has 0 unspecified atom stereocenters. The van der Waals surface area contributed by atoms with Gasteiger partial charge in [-0.15, -0.1) is 0 Å². The smallest absolute Gasteiger partial charge is 0.225 e. The molecule has 0 amide bonds. The number of ether oxygens (including phenoxy) is 1. The van der Waals surface area contributed by atoms with Crippen molar-refractivity contribution in [3.05, 3.63) is 90.3 Å². The second-order valence-electron chi connectivity index (χ2n) is 7.11. The summed E-state index contributed by atoms with van der Waals surface area (Å²) in [7, 11) is 0. The molecule has 2 aromatic carbocycles. The molecule has 1 fully saturated rings. The van der Waals surface area contributed by atoms with Crippen LogP contribution in [0.1, 0.15) is 17.2 Å². The van der Waals surface area contributed by atoms with Crippen molar-refractivity contribution in [1.29, 1.82) is 0 Å². The minimum absolute atomic E-state index is 0.0131. The Bertz CT molecular complexity index is 781. The fourth-order valence-electron chi connectivity index (χ4n) is 3.69. The number of aromatic nitrogens is 2. The van der Waals surface area contributed by atoms with Crippen molar-refractivity contribution in [2.45, 2.75) is 6.10 Å². The topological polar surface area (TPSA) is 42.7 Å². The Morgan fingerprint density at radius 2 is 1.39 bits per heavy atom. The maximum atomic E-state index is 6.37. The van der Waals surface area contributed by atoms with Gasteiger partial charge in [0.1, 0.15) is 12.6 Å². The van der Waals surface area contributed by atoms with E-state index in [-0.39, 0.29) is 6.10 Å². The van der Waals surface area contributed by atoms with E-state index < -0.39 is 0 Å². The van der Waals surface area contributed by atoms with Crippen molar-refractivity contribution in [2.75, 3.05) is 44.2 Å². The van der Waals surface area contributed by atoms with Gasteiger partial charge in [0.25, 0.3) is 0 Å². The highest BCUT2D eigenvalue weighted by atomic mass is 16.5. The predicted molar refractivity (Wildman–Crippen MR) is 110 cm³/mol. The molecule has 0 radical (unpaired) electrons. The number of piperazine rings is 1. The quantitative estimate of drug-likeness (QED) is 0.686. The van der Waals surface area contributed by atoms with Crippen molar-refractivity contribution >= 4 is 5.95 Å². The minimum Gasteiger partial charge on any atom is -0.363 e. The standard InChI is InChI=1S/C23H26N4O/c1-3-8-20(9-4-1)22(21-10-5-2-6-11-21)28-19-18-26-14-16-27(17-15-26)23-24-12-7-13-25-23/h1-13,22H,14-19H2/p+1. The summed E-state index contributed by atoms with van der Waals surface area (Å²) < 4.78 is 6.37. The fraction of sp³-hybridized carbons (Fsp3) is 0.304. The first-order valence-corrected chi connectivity index (χ1v) is 9.97. The van der Waals surface area contributed by atoms with Crippen molar-refractivity contribution in [3.8, 4) is 0 Å². The van der Waals surface area contributed by atoms with Crippen LogP contribution in [-0.4, -0.2) is 49.3 Å². The van der Waals surface area contributed by atoms with Gasteiger partial charge in [-0.1, -0.05) is 60.7 Å². The molecular weight excluding hydrogens is 348 g/mol. The Kier molecular flexibility index (Phi) is 6.27. The number of quaternary nitrogens is 1. The molecule has 1 aliphatic rings. The molecule has 4 rings (SSSR count). The van der Waals surface area contributed by atoms with E-state index >= 15 is 0 Å². The molecule has 144 valence electrons. The van der Waals surface area contributed by atoms with Crippen LogP contribution in [0.2, 0.25) is 0 Å². The second kappa shape index (κ2) is 9.44. The highest BCUT2D eigenvalue weighted by molar-refractivity contribution is 5.30. The van der Waals surface area contributed by atoms with Gasteiger partial charge in [0, 0.05) is 12.4 Å². The number of benzene rings is 2. The van der Waals surface area contributed by atoms with Crippen LogP contribution in [0.15, 0.2) is 79.1 Å². The number of nitrogens with one attached hydrogen (secondary N) is 1. The van der Waals surface area contributed by atoms with Gasteiger partial charge in [-0.25, -0.2) is 9.97 Å². The van der Waals surface area contributed by atoms with Crippen LogP contribution < -0.4 is 9.80 Å². The predicted octanol–water partition coefficient (Wildman–Crippen LogP) is 1.99. The first kappa shape index (κ1) is 18.6. The third kappa shape index (κ3) is 4.74. The summed E-state index contributed by atoms with van der Waals surface area (Å²) in [5, 5.41) is 0. The van der Waals surface area contributed by atoms with Gasteiger partial charge in [-0.05, 0) is 17.2 Å². The molecular formula is C23H27N4O+. The zero-order chi connectivity index (χ0) is 19.0. The molecule has 0 spiro atoms. The molecule has 5 heteroatoms. The second-order valence-corrected chi connectivity index (χ2v) is 7.11. The zero-order valence-corrected chi connectivity index (χ0v) is 16.1. The third-order valence-corrected chi connectivity index (χ3v) is 5.25. The molecule has 0 saturated carbocycles. The zero-order valence-electron chi connectivity index (χ0n) is 16.1. The number of hydrogen-bond donors (Lipinski definition) is 1. The summed E-state index contributed by atoms with van der Waals surface area (Å²) >= 11 is 0. The largest absolute Gasteiger partial charge is 0.363 e. The van der Waals surface area contributed by atoms with Crippen molar-refractivity contribution in [3.63, 3.8) is 0 Å². The van der Waals surface area contributed by atoms with Crippen molar-refractivity contribution < 1.29 is 9.64 Å². The lowest BCUT2D eigenvalue weighted by molar-refractivity contribution is -0.901. The molecule has 28 heavy (non-hydrogen) atoms. The molecule has 0 aliphatic carbocycles. The molecule has 1 aromatic heterocycles. The average molecular weight is 375 g/mol. The van der Waals surface area contributed by atoms with Crippen LogP contribution in [0, 0.1) is 0 Å². The molecule has 1 N–H and O–H groups in total. The third-order valence-electron chi connectivity index (χ3n) is 5.25. The van der Waals surface area contributed by atoms with Gasteiger partial charge >= 0.3 is 0 Å². The van der Waals surface area contributed by atoms with E-state index in [2.05, 4.69) is 63.4 Å². The van der Waals surface area contributed by atoms with Crippen LogP contribution in [0.4, 0.5) is 5.95 Å². The maximum Gasteiger partial charge on any atom is 0.225 e. The lowest BCUT2D eigenvalue weighted by atomic mass is 10.0. The molecule has 0 atom stereocenters. The summed E-state index contributed by atoms with van der Waals surface area (Å²) in [5.41, 5.74) is 2.41. The van der Waals surface area contributed by atoms with Gasteiger partial charge in [0.05, 0.1) is 32.8 Å². The summed E-state index contributed by atoms with van der Waals surface area (Å²) in [5.74, 6) is 0.839. The fourth-order valence-corrected chi connectivity index (χ4v) is 3.69. The van der Waals surface area contributed by atoms with E-state index in [0.717, 1.165) is 45.3 Å². The number of anilines is 1. The Hall–Kier alpha value is -2.76. The molecule has 1 aliphatic heterocycles. The molecule has 2 heterocycles. The van der Waals surface area contributed by atoms with Gasteiger partial charge in [0.2, 0.25) is 5.95 Å². The molecule has 0 bridgehead atoms. The summed E-state index contributed by atoms with van der Waals surface area (Å²) in [6, 6.07) is 22.8. The lowest BCUT2D eigenvalue weighted by Gasteiger charge is -2.32. The molecule has 5 nitrogen and oxygen atoms in total. The maximum absolute atomic E-state index is 6.37. The van der Waals surface area contributed by atoms with E-state index in [0.29, 0.717) is 0 Å². The Balaban J connectivity index is 1.31. The van der Waals surface area contributed by atoms with Crippen LogP contribution in [0.25, 0.3) is 0 Å². The Morgan fingerprint density at radius 3 is 1.96 bits per heavy atom. The van der Waals surface area contributed by atoms with Crippen LogP contribution >= 0.6 is 0 Å². The van der Waals surface area contributed by atoms with E-state index in [4.69, 9.17) is 4.74 Å². The minimum atomic E-state index is -0.0131.